The molecule has 1 aliphatic rings. The Bertz CT molecular complexity index is 3650. The molecule has 0 unspecified atom stereocenters. The van der Waals surface area contributed by atoms with Crippen LogP contribution in [0.15, 0.2) is 206 Å². The number of pyridine rings is 1. The highest BCUT2D eigenvalue weighted by Gasteiger charge is 2.28. The molecule has 0 saturated heterocycles. The molecule has 0 radical (unpaired) electrons. The molecular formula is C68H63N3O. The Balaban J connectivity index is 1.01. The Kier molecular flexibility index (Phi) is 11.7. The van der Waals surface area contributed by atoms with Gasteiger partial charge in [0.25, 0.3) is 0 Å². The van der Waals surface area contributed by atoms with E-state index in [4.69, 9.17) is 9.97 Å². The van der Waals surface area contributed by atoms with E-state index in [1.165, 1.54) is 5.56 Å². The van der Waals surface area contributed by atoms with Gasteiger partial charge in [-0.3, -0.25) is 9.55 Å². The molecule has 72 heavy (non-hydrogen) atoms. The first-order valence-electron chi connectivity index (χ1n) is 26.4. The van der Waals surface area contributed by atoms with Crippen LogP contribution in [0.5, 0.6) is 5.75 Å². The second-order valence-electron chi connectivity index (χ2n) is 21.5. The van der Waals surface area contributed by atoms with Crippen LogP contribution >= 0.6 is 0 Å². The lowest BCUT2D eigenvalue weighted by atomic mass is 9.76. The summed E-state index contributed by atoms with van der Waals surface area (Å²) in [7, 11) is 0. The number of nitrogens with zero attached hydrogens (tertiary/aromatic N) is 3. The highest BCUT2D eigenvalue weighted by Crippen LogP contribution is 2.46. The van der Waals surface area contributed by atoms with Gasteiger partial charge < -0.3 is 5.11 Å². The molecule has 4 nitrogen and oxygen atoms in total. The van der Waals surface area contributed by atoms with E-state index in [2.05, 4.69) is 204 Å². The molecule has 2 heterocycles. The first-order chi connectivity index (χ1) is 35.6. The maximum Gasteiger partial charge on any atom is 0.149 e. The Hall–Kier alpha value is -7.82. The minimum absolute atomic E-state index is 0.0926. The van der Waals surface area contributed by atoms with Gasteiger partial charge in [0.1, 0.15) is 11.6 Å². The summed E-state index contributed by atoms with van der Waals surface area (Å²) in [5, 5.41) is 12.6. The van der Waals surface area contributed by atoms with Crippen LogP contribution in [-0.2, 0) is 10.8 Å². The van der Waals surface area contributed by atoms with Crippen LogP contribution in [0.25, 0.3) is 83.9 Å². The number of hydrogen-bond donors (Lipinski definition) is 1. The number of phenolic OH excluding ortho intramolecular Hbond substituents is 1. The zero-order chi connectivity index (χ0) is 51.4. The lowest BCUT2D eigenvalue weighted by molar-refractivity contribution is 0.396. The summed E-state index contributed by atoms with van der Waals surface area (Å²) in [6, 6.07) is 69.5. The normalized spacial score (nSPS) is 17.6. The first kappa shape index (κ1) is 44.1. The van der Waals surface area contributed by atoms with Crippen molar-refractivity contribution in [2.45, 2.75) is 89.8 Å². The molecule has 8 aromatic carbocycles. The molecule has 0 amide bonds. The van der Waals surface area contributed by atoms with Gasteiger partial charge in [0.05, 0.1) is 28.0 Å². The molecule has 0 spiro atoms. The Morgan fingerprint density at radius 3 is 1.67 bits per heavy atom. The van der Waals surface area contributed by atoms with Crippen LogP contribution in [0.1, 0.15) is 104 Å². The van der Waals surface area contributed by atoms with Gasteiger partial charge in [0.2, 0.25) is 0 Å². The topological polar surface area (TPSA) is 50.9 Å². The van der Waals surface area contributed by atoms with Crippen molar-refractivity contribution < 1.29 is 7.85 Å². The third kappa shape index (κ3) is 9.19. The minimum Gasteiger partial charge on any atom is -0.507 e. The number of benzene rings is 8. The molecule has 356 valence electrons. The summed E-state index contributed by atoms with van der Waals surface area (Å²) < 4.78 is 21.0. The fraction of sp³-hybridized carbons (Fsp3) is 0.206. The molecule has 0 atom stereocenters. The first-order valence-corrected chi connectivity index (χ1v) is 25.4. The Morgan fingerprint density at radius 2 is 1.01 bits per heavy atom. The molecule has 1 saturated carbocycles. The summed E-state index contributed by atoms with van der Waals surface area (Å²) >= 11 is 0. The van der Waals surface area contributed by atoms with Gasteiger partial charge >= 0.3 is 0 Å². The molecule has 2 aromatic heterocycles. The largest absolute Gasteiger partial charge is 0.507 e. The van der Waals surface area contributed by atoms with Crippen molar-refractivity contribution in [1.82, 2.24) is 14.5 Å². The number of aromatic nitrogens is 3. The van der Waals surface area contributed by atoms with Crippen molar-refractivity contribution in [1.29, 1.82) is 0 Å². The summed E-state index contributed by atoms with van der Waals surface area (Å²) in [5.74, 6) is -0.523. The highest BCUT2D eigenvalue weighted by atomic mass is 16.3. The number of fused-ring (bicyclic) bond motifs is 1. The molecule has 1 N–H and O–H groups in total. The molecule has 4 heteroatoms. The summed E-state index contributed by atoms with van der Waals surface area (Å²) in [4.78, 5) is 10.6. The van der Waals surface area contributed by atoms with Crippen LogP contribution in [-0.4, -0.2) is 19.6 Å². The lowest BCUT2D eigenvalue weighted by Gasteiger charge is -2.29. The van der Waals surface area contributed by atoms with Gasteiger partial charge in [0, 0.05) is 31.2 Å². The zero-order valence-electron chi connectivity index (χ0n) is 44.2. The van der Waals surface area contributed by atoms with Gasteiger partial charge in [-0.05, 0) is 147 Å². The van der Waals surface area contributed by atoms with Crippen LogP contribution in [0.2, 0.25) is 0 Å². The fourth-order valence-electron chi connectivity index (χ4n) is 10.5. The second kappa shape index (κ2) is 19.1. The van der Waals surface area contributed by atoms with Crippen molar-refractivity contribution >= 4 is 11.0 Å². The molecule has 1 aliphatic carbocycles. The third-order valence-electron chi connectivity index (χ3n) is 14.7. The lowest BCUT2D eigenvalue weighted by Crippen LogP contribution is -2.13. The van der Waals surface area contributed by atoms with E-state index in [0.29, 0.717) is 37.1 Å². The van der Waals surface area contributed by atoms with E-state index >= 15 is 0 Å². The van der Waals surface area contributed by atoms with Crippen LogP contribution < -0.4 is 0 Å². The number of para-hydroxylation sites is 1. The molecule has 1 fully saturated rings. The number of hydrogen-bond acceptors (Lipinski definition) is 3. The third-order valence-corrected chi connectivity index (χ3v) is 14.7. The quantitative estimate of drug-likeness (QED) is 0.157. The number of aromatic hydroxyl groups is 1. The fourth-order valence-corrected chi connectivity index (χ4v) is 10.5. The van der Waals surface area contributed by atoms with Crippen LogP contribution in [0.3, 0.4) is 0 Å². The molecule has 0 bridgehead atoms. The Labute approximate surface area is 428 Å². The molecule has 11 rings (SSSR count). The van der Waals surface area contributed by atoms with E-state index < -0.39 is 11.8 Å². The van der Waals surface area contributed by atoms with Crippen molar-refractivity contribution in [3.8, 4) is 78.6 Å². The van der Waals surface area contributed by atoms with E-state index in [0.717, 1.165) is 89.2 Å². The van der Waals surface area contributed by atoms with Gasteiger partial charge in [-0.1, -0.05) is 193 Å². The van der Waals surface area contributed by atoms with Crippen LogP contribution in [0.4, 0.5) is 0 Å². The summed E-state index contributed by atoms with van der Waals surface area (Å²) in [6.07, 6.45) is 4.51. The van der Waals surface area contributed by atoms with E-state index in [-0.39, 0.29) is 16.6 Å². The SMILES string of the molecule is [2H]C1(c2ccccc2)CCC([2H])(c2ccc(-c3ccnc(-c4cccc(-c5cccc6c5nc(-c5cc(C(C)(C)C)cc(-c7ccccc7)c5O)n6-c5ccc(C(C)(C)C)cc5-c5ccccc5)c4)c3)cc2)CC1. The minimum atomic E-state index is -0.718. The maximum atomic E-state index is 12.6. The average Bonchev–Trinajstić information content (AvgIpc) is 3.82. The predicted octanol–water partition coefficient (Wildman–Crippen LogP) is 18.2. The van der Waals surface area contributed by atoms with Gasteiger partial charge in [-0.2, -0.15) is 0 Å². The Morgan fingerprint density at radius 1 is 0.458 bits per heavy atom. The van der Waals surface area contributed by atoms with E-state index in [9.17, 15) is 7.85 Å². The number of rotatable bonds is 9. The van der Waals surface area contributed by atoms with Gasteiger partial charge in [-0.25, -0.2) is 4.98 Å². The van der Waals surface area contributed by atoms with Crippen molar-refractivity contribution in [2.75, 3.05) is 0 Å². The van der Waals surface area contributed by atoms with Crippen molar-refractivity contribution in [3.05, 3.63) is 229 Å². The zero-order valence-corrected chi connectivity index (χ0v) is 42.2. The predicted molar refractivity (Wildman–Crippen MR) is 301 cm³/mol. The maximum absolute atomic E-state index is 12.6. The average molecular weight is 940 g/mol. The van der Waals surface area contributed by atoms with Crippen LogP contribution in [0, 0.1) is 0 Å². The standard InChI is InChI=1S/C68H63N3O/c1-67(2,3)55-36-37-62(58(42-55)50-20-12-8-13-21-50)71-63-27-17-26-57(64(63)70-66(71)60-44-56(68(4,5)6)43-59(65(60)72)51-22-14-9-15-23-51)53-24-16-25-54(40-53)61-41-52(38-39-69-61)49-34-32-48(33-35-49)47-30-28-46(29-31-47)45-18-10-7-11-19-45/h7-27,32-44,46-47,72H,28-31H2,1-6H3/i46D,47D. The highest BCUT2D eigenvalue weighted by molar-refractivity contribution is 5.98. The van der Waals surface area contributed by atoms with Gasteiger partial charge in [-0.15, -0.1) is 0 Å². The molecule has 10 aromatic rings. The molecular weight excluding hydrogens is 875 g/mol. The van der Waals surface area contributed by atoms with E-state index in [1.54, 1.807) is 0 Å². The van der Waals surface area contributed by atoms with E-state index in [1.807, 2.05) is 48.7 Å². The monoisotopic (exact) mass is 940 g/mol. The van der Waals surface area contributed by atoms with Gasteiger partial charge in [0.15, 0.2) is 0 Å². The summed E-state index contributed by atoms with van der Waals surface area (Å²) in [6.45, 7) is 13.4. The number of imidazole rings is 1. The molecule has 0 aliphatic heterocycles. The summed E-state index contributed by atoms with van der Waals surface area (Å²) in [5.41, 5.74) is 17.2. The smallest absolute Gasteiger partial charge is 0.149 e. The van der Waals surface area contributed by atoms with Crippen molar-refractivity contribution in [3.63, 3.8) is 0 Å². The van der Waals surface area contributed by atoms with Crippen molar-refractivity contribution in [2.24, 2.45) is 0 Å². The number of phenols is 1. The second-order valence-corrected chi connectivity index (χ2v) is 21.5.